The predicted octanol–water partition coefficient (Wildman–Crippen LogP) is 2.46. The lowest BCUT2D eigenvalue weighted by molar-refractivity contribution is -0.137. The monoisotopic (exact) mass is 246 g/mol. The van der Waals surface area contributed by atoms with Crippen molar-refractivity contribution in [1.29, 1.82) is 0 Å². The summed E-state index contributed by atoms with van der Waals surface area (Å²) in [7, 11) is 0. The standard InChI is InChI=1S/C13H14N2O3/c1-10-2-4-11(5-3-10)18-12-8-14-15(9-12)7-6-13(16)17/h2-5,8-9H,6-7H2,1H3,(H,16,17). The summed E-state index contributed by atoms with van der Waals surface area (Å²) in [5, 5.41) is 12.6. The highest BCUT2D eigenvalue weighted by Crippen LogP contribution is 2.20. The molecule has 2 rings (SSSR count). The number of hydrogen-bond acceptors (Lipinski definition) is 3. The van der Waals surface area contributed by atoms with Crippen LogP contribution in [0.15, 0.2) is 36.7 Å². The van der Waals surface area contributed by atoms with Gasteiger partial charge < -0.3 is 9.84 Å². The van der Waals surface area contributed by atoms with Crippen LogP contribution in [-0.4, -0.2) is 20.9 Å². The molecule has 5 heteroatoms. The molecular weight excluding hydrogens is 232 g/mol. The van der Waals surface area contributed by atoms with Gasteiger partial charge in [0.25, 0.3) is 0 Å². The molecule has 0 saturated carbocycles. The van der Waals surface area contributed by atoms with Crippen LogP contribution in [0.3, 0.4) is 0 Å². The lowest BCUT2D eigenvalue weighted by Gasteiger charge is -2.02. The molecule has 0 amide bonds. The maximum atomic E-state index is 10.4. The number of nitrogens with zero attached hydrogens (tertiary/aromatic N) is 2. The summed E-state index contributed by atoms with van der Waals surface area (Å²) >= 11 is 0. The van der Waals surface area contributed by atoms with Gasteiger partial charge in [0, 0.05) is 0 Å². The molecule has 0 unspecified atom stereocenters. The van der Waals surface area contributed by atoms with Gasteiger partial charge in [-0.2, -0.15) is 5.10 Å². The molecule has 0 saturated heterocycles. The van der Waals surface area contributed by atoms with E-state index in [1.807, 2.05) is 31.2 Å². The molecule has 0 atom stereocenters. The average molecular weight is 246 g/mol. The first-order chi connectivity index (χ1) is 8.63. The molecule has 1 N–H and O–H groups in total. The van der Waals surface area contributed by atoms with Gasteiger partial charge in [0.1, 0.15) is 5.75 Å². The molecule has 1 heterocycles. The number of hydrogen-bond donors (Lipinski definition) is 1. The molecule has 0 fully saturated rings. The molecule has 5 nitrogen and oxygen atoms in total. The van der Waals surface area contributed by atoms with E-state index in [1.165, 1.54) is 5.56 Å². The summed E-state index contributed by atoms with van der Waals surface area (Å²) in [6, 6.07) is 7.68. The topological polar surface area (TPSA) is 64.4 Å². The summed E-state index contributed by atoms with van der Waals surface area (Å²) in [5.41, 5.74) is 1.17. The third-order valence-electron chi connectivity index (χ3n) is 2.42. The molecule has 0 bridgehead atoms. The second-order valence-electron chi connectivity index (χ2n) is 4.00. The van der Waals surface area contributed by atoms with Gasteiger partial charge in [-0.25, -0.2) is 0 Å². The Balaban J connectivity index is 1.97. The Morgan fingerprint density at radius 1 is 1.33 bits per heavy atom. The molecule has 0 radical (unpaired) electrons. The Hall–Kier alpha value is -2.30. The summed E-state index contributed by atoms with van der Waals surface area (Å²) in [4.78, 5) is 10.4. The number of aryl methyl sites for hydroxylation is 2. The molecule has 1 aromatic heterocycles. The minimum atomic E-state index is -0.841. The van der Waals surface area contributed by atoms with Crippen molar-refractivity contribution in [3.05, 3.63) is 42.2 Å². The molecule has 94 valence electrons. The highest BCUT2D eigenvalue weighted by molar-refractivity contribution is 5.66. The van der Waals surface area contributed by atoms with Gasteiger partial charge in [-0.1, -0.05) is 17.7 Å². The van der Waals surface area contributed by atoms with Crippen LogP contribution < -0.4 is 4.74 Å². The van der Waals surface area contributed by atoms with E-state index < -0.39 is 5.97 Å². The summed E-state index contributed by atoms with van der Waals surface area (Å²) in [6.45, 7) is 2.35. The lowest BCUT2D eigenvalue weighted by Crippen LogP contribution is -2.04. The number of carboxylic acid groups (broad SMARTS) is 1. The van der Waals surface area contributed by atoms with Crippen molar-refractivity contribution >= 4 is 5.97 Å². The van der Waals surface area contributed by atoms with Gasteiger partial charge in [-0.05, 0) is 19.1 Å². The Morgan fingerprint density at radius 3 is 2.72 bits per heavy atom. The zero-order valence-electron chi connectivity index (χ0n) is 10.0. The fraction of sp³-hybridized carbons (Fsp3) is 0.231. The van der Waals surface area contributed by atoms with E-state index in [2.05, 4.69) is 5.10 Å². The van der Waals surface area contributed by atoms with Crippen molar-refractivity contribution in [1.82, 2.24) is 9.78 Å². The van der Waals surface area contributed by atoms with E-state index in [9.17, 15) is 4.79 Å². The first kappa shape index (κ1) is 12.2. The minimum absolute atomic E-state index is 0.0473. The van der Waals surface area contributed by atoms with Gasteiger partial charge in [-0.3, -0.25) is 9.48 Å². The molecule has 2 aromatic rings. The van der Waals surface area contributed by atoms with E-state index in [-0.39, 0.29) is 6.42 Å². The van der Waals surface area contributed by atoms with Crippen molar-refractivity contribution in [2.75, 3.05) is 0 Å². The van der Waals surface area contributed by atoms with Crippen LogP contribution in [0.1, 0.15) is 12.0 Å². The van der Waals surface area contributed by atoms with Gasteiger partial charge in [-0.15, -0.1) is 0 Å². The summed E-state index contributed by atoms with van der Waals surface area (Å²) in [6.07, 6.45) is 3.30. The second kappa shape index (κ2) is 5.35. The van der Waals surface area contributed by atoms with Gasteiger partial charge >= 0.3 is 5.97 Å². The SMILES string of the molecule is Cc1ccc(Oc2cnn(CCC(=O)O)c2)cc1. The fourth-order valence-electron chi connectivity index (χ4n) is 1.47. The molecule has 18 heavy (non-hydrogen) atoms. The van der Waals surface area contributed by atoms with Gasteiger partial charge in [0.15, 0.2) is 5.75 Å². The largest absolute Gasteiger partial charge is 0.481 e. The van der Waals surface area contributed by atoms with E-state index in [4.69, 9.17) is 9.84 Å². The first-order valence-electron chi connectivity index (χ1n) is 5.62. The van der Waals surface area contributed by atoms with Crippen molar-refractivity contribution < 1.29 is 14.6 Å². The van der Waals surface area contributed by atoms with E-state index >= 15 is 0 Å². The highest BCUT2D eigenvalue weighted by Gasteiger charge is 2.03. The number of rotatable bonds is 5. The van der Waals surface area contributed by atoms with Crippen molar-refractivity contribution in [2.45, 2.75) is 19.9 Å². The lowest BCUT2D eigenvalue weighted by atomic mass is 10.2. The Bertz CT molecular complexity index is 531. The molecule has 0 spiro atoms. The molecule has 0 aliphatic rings. The van der Waals surface area contributed by atoms with Crippen LogP contribution in [0.5, 0.6) is 11.5 Å². The van der Waals surface area contributed by atoms with Crippen LogP contribution >= 0.6 is 0 Å². The minimum Gasteiger partial charge on any atom is -0.481 e. The van der Waals surface area contributed by atoms with Crippen LogP contribution in [0.2, 0.25) is 0 Å². The predicted molar refractivity (Wildman–Crippen MR) is 65.7 cm³/mol. The zero-order valence-corrected chi connectivity index (χ0v) is 10.0. The van der Waals surface area contributed by atoms with Crippen molar-refractivity contribution in [3.63, 3.8) is 0 Å². The summed E-state index contributed by atoms with van der Waals surface area (Å²) < 4.78 is 7.14. The number of benzene rings is 1. The zero-order chi connectivity index (χ0) is 13.0. The van der Waals surface area contributed by atoms with E-state index in [0.29, 0.717) is 12.3 Å². The van der Waals surface area contributed by atoms with Gasteiger partial charge in [0.2, 0.25) is 0 Å². The van der Waals surface area contributed by atoms with Crippen LogP contribution in [-0.2, 0) is 11.3 Å². The Kier molecular flexibility index (Phi) is 3.62. The quantitative estimate of drug-likeness (QED) is 0.880. The van der Waals surface area contributed by atoms with Crippen LogP contribution in [0.4, 0.5) is 0 Å². The molecular formula is C13H14N2O3. The molecule has 0 aliphatic heterocycles. The van der Waals surface area contributed by atoms with Crippen molar-refractivity contribution in [2.24, 2.45) is 0 Å². The number of carboxylic acids is 1. The summed E-state index contributed by atoms with van der Waals surface area (Å²) in [5.74, 6) is 0.495. The third-order valence-corrected chi connectivity index (χ3v) is 2.42. The number of carbonyl (C=O) groups is 1. The maximum absolute atomic E-state index is 10.4. The van der Waals surface area contributed by atoms with Crippen LogP contribution in [0.25, 0.3) is 0 Å². The van der Waals surface area contributed by atoms with E-state index in [0.717, 1.165) is 5.75 Å². The fourth-order valence-corrected chi connectivity index (χ4v) is 1.47. The number of aliphatic carboxylic acids is 1. The number of ether oxygens (including phenoxy) is 1. The number of aromatic nitrogens is 2. The Labute approximate surface area is 105 Å². The van der Waals surface area contributed by atoms with Gasteiger partial charge in [0.05, 0.1) is 25.4 Å². The Morgan fingerprint density at radius 2 is 2.06 bits per heavy atom. The third kappa shape index (κ3) is 3.35. The van der Waals surface area contributed by atoms with Crippen LogP contribution in [0, 0.1) is 6.92 Å². The highest BCUT2D eigenvalue weighted by atomic mass is 16.5. The average Bonchev–Trinajstić information content (AvgIpc) is 2.77. The first-order valence-corrected chi connectivity index (χ1v) is 5.62. The normalized spacial score (nSPS) is 10.3. The van der Waals surface area contributed by atoms with E-state index in [1.54, 1.807) is 17.1 Å². The maximum Gasteiger partial charge on any atom is 0.305 e. The van der Waals surface area contributed by atoms with Crippen molar-refractivity contribution in [3.8, 4) is 11.5 Å². The molecule has 1 aromatic carbocycles. The second-order valence-corrected chi connectivity index (χ2v) is 4.00. The smallest absolute Gasteiger partial charge is 0.305 e. The molecule has 0 aliphatic carbocycles.